The van der Waals surface area contributed by atoms with Gasteiger partial charge in [0.2, 0.25) is 0 Å². The van der Waals surface area contributed by atoms with Crippen molar-refractivity contribution >= 4 is 0 Å². The Hall–Kier alpha value is -0.0800. The van der Waals surface area contributed by atoms with E-state index in [1.54, 1.807) is 0 Å². The Morgan fingerprint density at radius 2 is 1.40 bits per heavy atom. The normalized spacial score (nSPS) is 57.6. The van der Waals surface area contributed by atoms with Crippen LogP contribution >= 0.6 is 0 Å². The lowest BCUT2D eigenvalue weighted by Crippen LogP contribution is -2.31. The van der Waals surface area contributed by atoms with Crippen molar-refractivity contribution in [2.24, 2.45) is 0 Å². The summed E-state index contributed by atoms with van der Waals surface area (Å²) in [5.74, 6) is 0. The van der Waals surface area contributed by atoms with Crippen molar-refractivity contribution in [1.29, 1.82) is 0 Å². The van der Waals surface area contributed by atoms with Crippen LogP contribution in [0.5, 0.6) is 0 Å². The van der Waals surface area contributed by atoms with Gasteiger partial charge in [0.15, 0.2) is 0 Å². The van der Waals surface area contributed by atoms with Crippen LogP contribution in [0.1, 0.15) is 25.7 Å². The van der Waals surface area contributed by atoms with Crippen LogP contribution in [0.4, 0.5) is 0 Å². The van der Waals surface area contributed by atoms with E-state index in [-0.39, 0.29) is 0 Å². The second kappa shape index (κ2) is 1.74. The van der Waals surface area contributed by atoms with E-state index in [9.17, 15) is 0 Å². The molecule has 0 N–H and O–H groups in total. The number of fused-ring (bicyclic) bond motifs is 2. The standard InChI is InChI=1S/C8H12O2/c1-2-5-7-4-8(9-5)6(3-1)10-7/h5-8H,1-4H2. The zero-order valence-electron chi connectivity index (χ0n) is 5.95. The molecule has 0 aromatic rings. The molecule has 0 spiro atoms. The molecule has 0 saturated carbocycles. The molecule has 10 heavy (non-hydrogen) atoms. The van der Waals surface area contributed by atoms with E-state index >= 15 is 0 Å². The maximum absolute atomic E-state index is 5.76. The predicted molar refractivity (Wildman–Crippen MR) is 35.8 cm³/mol. The minimum atomic E-state index is 0.462. The van der Waals surface area contributed by atoms with Crippen LogP contribution in [0, 0.1) is 0 Å². The second-order valence-corrected chi connectivity index (χ2v) is 3.59. The number of ether oxygens (including phenoxy) is 2. The third-order valence-electron chi connectivity index (χ3n) is 2.97. The minimum Gasteiger partial charge on any atom is -0.369 e. The van der Waals surface area contributed by atoms with Crippen molar-refractivity contribution < 1.29 is 9.47 Å². The largest absolute Gasteiger partial charge is 0.369 e. The molecule has 4 bridgehead atoms. The van der Waals surface area contributed by atoms with Crippen molar-refractivity contribution in [3.8, 4) is 0 Å². The highest BCUT2D eigenvalue weighted by Gasteiger charge is 2.49. The molecule has 4 aliphatic rings. The van der Waals surface area contributed by atoms with Gasteiger partial charge in [0.25, 0.3) is 0 Å². The zero-order chi connectivity index (χ0) is 6.55. The van der Waals surface area contributed by atoms with E-state index in [0.29, 0.717) is 24.4 Å². The molecule has 0 radical (unpaired) electrons. The summed E-state index contributed by atoms with van der Waals surface area (Å²) < 4.78 is 11.5. The Labute approximate surface area is 60.5 Å². The fourth-order valence-corrected chi connectivity index (χ4v) is 2.47. The van der Waals surface area contributed by atoms with Crippen LogP contribution in [0.3, 0.4) is 0 Å². The van der Waals surface area contributed by atoms with Crippen LogP contribution in [0.25, 0.3) is 0 Å². The monoisotopic (exact) mass is 140 g/mol. The third-order valence-corrected chi connectivity index (χ3v) is 2.97. The topological polar surface area (TPSA) is 18.5 Å². The van der Waals surface area contributed by atoms with Gasteiger partial charge >= 0.3 is 0 Å². The van der Waals surface area contributed by atoms with Crippen molar-refractivity contribution in [3.05, 3.63) is 0 Å². The third kappa shape index (κ3) is 0.565. The van der Waals surface area contributed by atoms with E-state index in [2.05, 4.69) is 0 Å². The van der Waals surface area contributed by atoms with E-state index in [0.717, 1.165) is 0 Å². The summed E-state index contributed by atoms with van der Waals surface area (Å²) in [6.45, 7) is 0. The smallest absolute Gasteiger partial charge is 0.0867 e. The van der Waals surface area contributed by atoms with Gasteiger partial charge < -0.3 is 9.47 Å². The van der Waals surface area contributed by atoms with Crippen LogP contribution < -0.4 is 0 Å². The molecule has 2 heteroatoms. The number of hydrogen-bond donors (Lipinski definition) is 0. The van der Waals surface area contributed by atoms with Gasteiger partial charge in [0.05, 0.1) is 24.4 Å². The van der Waals surface area contributed by atoms with Crippen molar-refractivity contribution in [2.45, 2.75) is 50.1 Å². The summed E-state index contributed by atoms with van der Waals surface area (Å²) in [5, 5.41) is 0. The van der Waals surface area contributed by atoms with E-state index in [4.69, 9.17) is 9.47 Å². The van der Waals surface area contributed by atoms with E-state index in [1.807, 2.05) is 0 Å². The maximum Gasteiger partial charge on any atom is 0.0867 e. The molecule has 0 amide bonds. The van der Waals surface area contributed by atoms with E-state index in [1.165, 1.54) is 25.7 Å². The number of rotatable bonds is 0. The lowest BCUT2D eigenvalue weighted by Gasteiger charge is -2.23. The lowest BCUT2D eigenvalue weighted by atomic mass is 10.0. The van der Waals surface area contributed by atoms with Crippen LogP contribution in [-0.2, 0) is 9.47 Å². The molecule has 56 valence electrons. The molecule has 0 aromatic carbocycles. The quantitative estimate of drug-likeness (QED) is 0.501. The summed E-state index contributed by atoms with van der Waals surface area (Å²) in [4.78, 5) is 0. The Morgan fingerprint density at radius 3 is 1.90 bits per heavy atom. The van der Waals surface area contributed by atoms with E-state index < -0.39 is 0 Å². The van der Waals surface area contributed by atoms with Gasteiger partial charge in [-0.3, -0.25) is 0 Å². The summed E-state index contributed by atoms with van der Waals surface area (Å²) in [6, 6.07) is 0. The first-order valence-electron chi connectivity index (χ1n) is 4.24. The summed E-state index contributed by atoms with van der Waals surface area (Å²) in [5.41, 5.74) is 0. The Bertz CT molecular complexity index is 137. The van der Waals surface area contributed by atoms with Crippen LogP contribution in [-0.4, -0.2) is 24.4 Å². The molecule has 4 atom stereocenters. The summed E-state index contributed by atoms with van der Waals surface area (Å²) in [6.07, 6.45) is 6.81. The molecule has 4 aliphatic heterocycles. The molecule has 4 saturated heterocycles. The summed E-state index contributed by atoms with van der Waals surface area (Å²) >= 11 is 0. The van der Waals surface area contributed by atoms with Gasteiger partial charge in [-0.2, -0.15) is 0 Å². The predicted octanol–water partition coefficient (Wildman–Crippen LogP) is 1.10. The first-order valence-corrected chi connectivity index (χ1v) is 4.24. The Kier molecular flexibility index (Phi) is 0.968. The van der Waals surface area contributed by atoms with Crippen LogP contribution in [0.2, 0.25) is 0 Å². The highest BCUT2D eigenvalue weighted by atomic mass is 16.6. The van der Waals surface area contributed by atoms with Crippen molar-refractivity contribution in [2.75, 3.05) is 0 Å². The first-order chi connectivity index (χ1) is 4.93. The molecule has 4 heterocycles. The van der Waals surface area contributed by atoms with Crippen molar-refractivity contribution in [3.63, 3.8) is 0 Å². The molecule has 2 nitrogen and oxygen atoms in total. The van der Waals surface area contributed by atoms with Crippen molar-refractivity contribution in [1.82, 2.24) is 0 Å². The van der Waals surface area contributed by atoms with Gasteiger partial charge in [-0.1, -0.05) is 0 Å². The minimum absolute atomic E-state index is 0.462. The SMILES string of the molecule is C1CC2OC3CC2OC3C1. The zero-order valence-corrected chi connectivity index (χ0v) is 5.95. The average molecular weight is 140 g/mol. The molecular weight excluding hydrogens is 128 g/mol. The highest BCUT2D eigenvalue weighted by molar-refractivity contribution is 4.97. The molecule has 4 rings (SSSR count). The van der Waals surface area contributed by atoms with Gasteiger partial charge in [-0.05, 0) is 19.3 Å². The lowest BCUT2D eigenvalue weighted by molar-refractivity contribution is -0.123. The summed E-state index contributed by atoms with van der Waals surface area (Å²) in [7, 11) is 0. The highest BCUT2D eigenvalue weighted by Crippen LogP contribution is 2.41. The Morgan fingerprint density at radius 1 is 0.800 bits per heavy atom. The van der Waals surface area contributed by atoms with Gasteiger partial charge in [0.1, 0.15) is 0 Å². The maximum atomic E-state index is 5.76. The molecule has 0 aliphatic carbocycles. The molecule has 4 fully saturated rings. The second-order valence-electron chi connectivity index (χ2n) is 3.59. The van der Waals surface area contributed by atoms with Gasteiger partial charge in [-0.25, -0.2) is 0 Å². The van der Waals surface area contributed by atoms with Gasteiger partial charge in [-0.15, -0.1) is 0 Å². The first kappa shape index (κ1) is 5.56. The fraction of sp³-hybridized carbons (Fsp3) is 1.00. The fourth-order valence-electron chi connectivity index (χ4n) is 2.47. The van der Waals surface area contributed by atoms with Gasteiger partial charge in [0, 0.05) is 6.42 Å². The molecule has 0 aromatic heterocycles. The Balaban J connectivity index is 1.96. The average Bonchev–Trinajstić information content (AvgIpc) is 2.35. The molecular formula is C8H12O2. The van der Waals surface area contributed by atoms with Crippen LogP contribution in [0.15, 0.2) is 0 Å². The number of hydrogen-bond acceptors (Lipinski definition) is 2. The molecule has 4 unspecified atom stereocenters.